The van der Waals surface area contributed by atoms with Crippen molar-refractivity contribution < 1.29 is 0 Å². The van der Waals surface area contributed by atoms with E-state index in [9.17, 15) is 0 Å². The summed E-state index contributed by atoms with van der Waals surface area (Å²) in [6.45, 7) is 0. The number of rotatable bonds is 4. The van der Waals surface area contributed by atoms with Gasteiger partial charge in [-0.3, -0.25) is 5.10 Å². The van der Waals surface area contributed by atoms with Gasteiger partial charge in [0.25, 0.3) is 0 Å². The molecule has 4 aliphatic carbocycles. The van der Waals surface area contributed by atoms with E-state index in [-0.39, 0.29) is 0 Å². The summed E-state index contributed by atoms with van der Waals surface area (Å²) in [7, 11) is 0. The maximum absolute atomic E-state index is 6.24. The summed E-state index contributed by atoms with van der Waals surface area (Å²) >= 11 is 7.92. The molecule has 0 radical (unpaired) electrons. The summed E-state index contributed by atoms with van der Waals surface area (Å²) in [5.41, 5.74) is 1.44. The zero-order valence-corrected chi connectivity index (χ0v) is 15.2. The molecule has 126 valence electrons. The standard InChI is InChI=1S/C19H22ClN3S/c20-16-4-2-1-3-15(16)11-24-18-21-17(22-23-18)19-8-12-5-13(9-19)7-14(6-12)10-19/h1-4,12-14H,5-11H2,(H,21,22,23). The number of halogens is 1. The molecular formula is C19H22ClN3S. The summed E-state index contributed by atoms with van der Waals surface area (Å²) < 4.78 is 0. The van der Waals surface area contributed by atoms with Crippen LogP contribution in [-0.2, 0) is 11.2 Å². The maximum atomic E-state index is 6.24. The highest BCUT2D eigenvalue weighted by molar-refractivity contribution is 7.98. The molecule has 1 aromatic heterocycles. The van der Waals surface area contributed by atoms with Gasteiger partial charge in [0.15, 0.2) is 0 Å². The first-order chi connectivity index (χ1) is 11.7. The number of hydrogen-bond acceptors (Lipinski definition) is 3. The second kappa shape index (κ2) is 5.77. The molecule has 3 nitrogen and oxygen atoms in total. The lowest BCUT2D eigenvalue weighted by atomic mass is 9.49. The Bertz CT molecular complexity index is 721. The molecule has 0 atom stereocenters. The summed E-state index contributed by atoms with van der Waals surface area (Å²) in [6.07, 6.45) is 8.35. The van der Waals surface area contributed by atoms with Crippen LogP contribution in [0, 0.1) is 17.8 Å². The van der Waals surface area contributed by atoms with Crippen molar-refractivity contribution in [2.75, 3.05) is 0 Å². The van der Waals surface area contributed by atoms with Crippen LogP contribution in [0.5, 0.6) is 0 Å². The Balaban J connectivity index is 1.33. The van der Waals surface area contributed by atoms with Crippen LogP contribution in [0.3, 0.4) is 0 Å². The molecule has 0 aliphatic heterocycles. The Morgan fingerprint density at radius 2 is 1.75 bits per heavy atom. The first-order valence-corrected chi connectivity index (χ1v) is 10.4. The zero-order valence-electron chi connectivity index (χ0n) is 13.7. The van der Waals surface area contributed by atoms with Gasteiger partial charge in [-0.2, -0.15) is 0 Å². The van der Waals surface area contributed by atoms with Gasteiger partial charge in [0.1, 0.15) is 5.82 Å². The number of nitrogens with one attached hydrogen (secondary N) is 1. The van der Waals surface area contributed by atoms with Crippen molar-refractivity contribution in [1.82, 2.24) is 15.2 Å². The second-order valence-corrected chi connectivity index (χ2v) is 9.39. The number of nitrogens with zero attached hydrogens (tertiary/aromatic N) is 2. The van der Waals surface area contributed by atoms with Crippen LogP contribution in [0.25, 0.3) is 0 Å². The van der Waals surface area contributed by atoms with Gasteiger partial charge in [-0.05, 0) is 67.9 Å². The molecule has 5 heteroatoms. The SMILES string of the molecule is Clc1ccccc1CSc1n[nH]c(C23CC4CC(CC(C4)C2)C3)n1. The quantitative estimate of drug-likeness (QED) is 0.761. The normalized spacial score (nSPS) is 34.0. The van der Waals surface area contributed by atoms with Crippen LogP contribution < -0.4 is 0 Å². The fourth-order valence-electron chi connectivity index (χ4n) is 5.71. The fourth-order valence-corrected chi connectivity index (χ4v) is 6.79. The summed E-state index contributed by atoms with van der Waals surface area (Å²) in [5, 5.41) is 9.48. The second-order valence-electron chi connectivity index (χ2n) is 8.04. The number of aromatic amines is 1. The lowest BCUT2D eigenvalue weighted by Gasteiger charge is -2.55. The molecule has 0 amide bonds. The average molecular weight is 360 g/mol. The van der Waals surface area contributed by atoms with Crippen molar-refractivity contribution in [3.05, 3.63) is 40.7 Å². The van der Waals surface area contributed by atoms with Crippen LogP contribution in [0.2, 0.25) is 5.02 Å². The number of aromatic nitrogens is 3. The number of benzene rings is 1. The van der Waals surface area contributed by atoms with E-state index in [0.29, 0.717) is 5.41 Å². The molecule has 4 aliphatic rings. The van der Waals surface area contributed by atoms with Gasteiger partial charge in [0.05, 0.1) is 0 Å². The van der Waals surface area contributed by atoms with E-state index in [0.717, 1.165) is 45.1 Å². The summed E-state index contributed by atoms with van der Waals surface area (Å²) in [5.74, 6) is 4.77. The lowest BCUT2D eigenvalue weighted by Crippen LogP contribution is -2.49. The van der Waals surface area contributed by atoms with Gasteiger partial charge >= 0.3 is 0 Å². The van der Waals surface area contributed by atoms with Crippen molar-refractivity contribution >= 4 is 23.4 Å². The highest BCUT2D eigenvalue weighted by atomic mass is 35.5. The minimum atomic E-state index is 0.297. The van der Waals surface area contributed by atoms with Gasteiger partial charge in [-0.1, -0.05) is 41.6 Å². The molecule has 1 heterocycles. The van der Waals surface area contributed by atoms with E-state index < -0.39 is 0 Å². The first kappa shape index (κ1) is 15.3. The van der Waals surface area contributed by atoms with Crippen molar-refractivity contribution in [1.29, 1.82) is 0 Å². The van der Waals surface area contributed by atoms with E-state index in [4.69, 9.17) is 16.6 Å². The van der Waals surface area contributed by atoms with Gasteiger partial charge in [0, 0.05) is 16.2 Å². The van der Waals surface area contributed by atoms with Crippen LogP contribution in [0.4, 0.5) is 0 Å². The Morgan fingerprint density at radius 1 is 1.08 bits per heavy atom. The third-order valence-corrected chi connectivity index (χ3v) is 7.58. The highest BCUT2D eigenvalue weighted by Gasteiger charge is 2.53. The van der Waals surface area contributed by atoms with E-state index in [1.54, 1.807) is 11.8 Å². The van der Waals surface area contributed by atoms with Crippen LogP contribution >= 0.6 is 23.4 Å². The zero-order chi connectivity index (χ0) is 16.1. The smallest absolute Gasteiger partial charge is 0.208 e. The molecule has 2 aromatic rings. The van der Waals surface area contributed by atoms with Crippen LogP contribution in [-0.4, -0.2) is 15.2 Å². The third kappa shape index (κ3) is 2.59. The number of H-pyrrole nitrogens is 1. The van der Waals surface area contributed by atoms with Gasteiger partial charge in [-0.25, -0.2) is 4.98 Å². The van der Waals surface area contributed by atoms with Gasteiger partial charge < -0.3 is 0 Å². The fraction of sp³-hybridized carbons (Fsp3) is 0.579. The Labute approximate surface area is 152 Å². The van der Waals surface area contributed by atoms with Crippen molar-refractivity contribution in [2.24, 2.45) is 17.8 Å². The maximum Gasteiger partial charge on any atom is 0.208 e. The molecule has 0 saturated heterocycles. The van der Waals surface area contributed by atoms with Crippen LogP contribution in [0.15, 0.2) is 29.4 Å². The van der Waals surface area contributed by atoms with E-state index in [1.807, 2.05) is 18.2 Å². The molecule has 4 saturated carbocycles. The predicted molar refractivity (Wildman–Crippen MR) is 97.2 cm³/mol. The van der Waals surface area contributed by atoms with Gasteiger partial charge in [0.2, 0.25) is 5.16 Å². The van der Waals surface area contributed by atoms with E-state index in [2.05, 4.69) is 16.3 Å². The molecule has 24 heavy (non-hydrogen) atoms. The molecule has 1 N–H and O–H groups in total. The predicted octanol–water partition coefficient (Wildman–Crippen LogP) is 5.22. The molecule has 0 spiro atoms. The minimum absolute atomic E-state index is 0.297. The topological polar surface area (TPSA) is 41.6 Å². The summed E-state index contributed by atoms with van der Waals surface area (Å²) in [6, 6.07) is 8.01. The highest BCUT2D eigenvalue weighted by Crippen LogP contribution is 2.60. The van der Waals surface area contributed by atoms with Crippen molar-refractivity contribution in [3.8, 4) is 0 Å². The Hall–Kier alpha value is -1.00. The van der Waals surface area contributed by atoms with Crippen LogP contribution in [0.1, 0.15) is 49.9 Å². The first-order valence-electron chi connectivity index (χ1n) is 8.99. The summed E-state index contributed by atoms with van der Waals surface area (Å²) in [4.78, 5) is 4.90. The van der Waals surface area contributed by atoms with Crippen molar-refractivity contribution in [3.63, 3.8) is 0 Å². The number of hydrogen-bond donors (Lipinski definition) is 1. The Kier molecular flexibility index (Phi) is 3.67. The third-order valence-electron chi connectivity index (χ3n) is 6.32. The molecular weight excluding hydrogens is 338 g/mol. The minimum Gasteiger partial charge on any atom is -0.262 e. The van der Waals surface area contributed by atoms with Crippen molar-refractivity contribution in [2.45, 2.75) is 54.8 Å². The Morgan fingerprint density at radius 3 is 2.42 bits per heavy atom. The molecule has 4 fully saturated rings. The molecule has 1 aromatic carbocycles. The molecule has 0 unspecified atom stereocenters. The average Bonchev–Trinajstić information content (AvgIpc) is 3.03. The van der Waals surface area contributed by atoms with E-state index >= 15 is 0 Å². The molecule has 6 rings (SSSR count). The van der Waals surface area contributed by atoms with E-state index in [1.165, 1.54) is 38.5 Å². The number of thioether (sulfide) groups is 1. The van der Waals surface area contributed by atoms with Gasteiger partial charge in [-0.15, -0.1) is 5.10 Å². The lowest BCUT2D eigenvalue weighted by molar-refractivity contribution is -0.00931. The monoisotopic (exact) mass is 359 g/mol. The largest absolute Gasteiger partial charge is 0.262 e. The molecule has 4 bridgehead atoms.